The first-order chi connectivity index (χ1) is 11.5. The van der Waals surface area contributed by atoms with Crippen molar-refractivity contribution in [3.8, 4) is 0 Å². The van der Waals surface area contributed by atoms with Crippen molar-refractivity contribution in [1.29, 1.82) is 0 Å². The van der Waals surface area contributed by atoms with Crippen LogP contribution in [0.5, 0.6) is 0 Å². The van der Waals surface area contributed by atoms with Gasteiger partial charge in [0.2, 0.25) is 0 Å². The lowest BCUT2D eigenvalue weighted by molar-refractivity contribution is -0.0874. The van der Waals surface area contributed by atoms with Crippen LogP contribution in [0.2, 0.25) is 0 Å². The maximum absolute atomic E-state index is 11.7. The molecule has 0 aromatic heterocycles. The molecule has 1 fully saturated rings. The van der Waals surface area contributed by atoms with E-state index in [0.29, 0.717) is 0 Å². The van der Waals surface area contributed by atoms with Crippen molar-refractivity contribution in [2.24, 2.45) is 10.7 Å². The normalized spacial score (nSPS) is 38.7. The molecule has 3 aliphatic heterocycles. The van der Waals surface area contributed by atoms with Crippen LogP contribution in [0.15, 0.2) is 16.5 Å². The molecule has 0 saturated carbocycles. The van der Waals surface area contributed by atoms with Crippen LogP contribution >= 0.6 is 0 Å². The average molecular weight is 381 g/mol. The first kappa shape index (κ1) is 18.1. The van der Waals surface area contributed by atoms with Crippen LogP contribution in [0.4, 0.5) is 0 Å². The van der Waals surface area contributed by atoms with Crippen molar-refractivity contribution >= 4 is 16.1 Å². The molecule has 14 heteroatoms. The predicted molar refractivity (Wildman–Crippen MR) is 80.5 cm³/mol. The molecular weight excluding hydrogens is 362 g/mol. The van der Waals surface area contributed by atoms with Crippen molar-refractivity contribution in [2.45, 2.75) is 29.6 Å². The highest BCUT2D eigenvalue weighted by Crippen LogP contribution is 2.39. The van der Waals surface area contributed by atoms with Crippen molar-refractivity contribution in [2.75, 3.05) is 20.3 Å². The number of nitrogens with zero attached hydrogens (tertiary/aromatic N) is 3. The zero-order valence-corrected chi connectivity index (χ0v) is 13.8. The van der Waals surface area contributed by atoms with E-state index >= 15 is 0 Å². The summed E-state index contributed by atoms with van der Waals surface area (Å²) in [6, 6.07) is 0. The van der Waals surface area contributed by atoms with Crippen LogP contribution in [0.1, 0.15) is 0 Å². The molecule has 0 aromatic rings. The van der Waals surface area contributed by atoms with Gasteiger partial charge in [-0.2, -0.15) is 13.4 Å². The Morgan fingerprint density at radius 1 is 1.44 bits per heavy atom. The van der Waals surface area contributed by atoms with Gasteiger partial charge >= 0.3 is 15.2 Å². The minimum atomic E-state index is -5.07. The van der Waals surface area contributed by atoms with E-state index in [4.69, 9.17) is 10.5 Å². The van der Waals surface area contributed by atoms with Gasteiger partial charge in [-0.05, 0) is 0 Å². The van der Waals surface area contributed by atoms with Crippen LogP contribution in [-0.2, 0) is 14.9 Å². The van der Waals surface area contributed by atoms with Gasteiger partial charge < -0.3 is 46.0 Å². The minimum Gasteiger partial charge on any atom is -0.394 e. The molecule has 8 N–H and O–H groups in total. The Morgan fingerprint density at radius 2 is 2.08 bits per heavy atom. The summed E-state index contributed by atoms with van der Waals surface area (Å²) in [5, 5.41) is 38.8. The summed E-state index contributed by atoms with van der Waals surface area (Å²) in [7, 11) is -3.66. The third kappa shape index (κ3) is 2.53. The molecule has 5 atom stereocenters. The van der Waals surface area contributed by atoms with Crippen LogP contribution in [0.3, 0.4) is 0 Å². The lowest BCUT2D eigenvalue weighted by Crippen LogP contribution is -2.61. The second-order valence-electron chi connectivity index (χ2n) is 5.95. The molecule has 13 nitrogen and oxygen atoms in total. The van der Waals surface area contributed by atoms with E-state index in [1.165, 1.54) is 16.8 Å². The number of rotatable bonds is 3. The number of nitrogens with two attached hydrogens (primary N) is 1. The molecule has 0 aromatic carbocycles. The van der Waals surface area contributed by atoms with Gasteiger partial charge in [0.15, 0.2) is 18.0 Å². The summed E-state index contributed by atoms with van der Waals surface area (Å²) in [5.74, 6) is -0.667. The molecule has 0 amide bonds. The summed E-state index contributed by atoms with van der Waals surface area (Å²) in [4.78, 5) is 6.42. The van der Waals surface area contributed by atoms with E-state index in [9.17, 15) is 33.4 Å². The lowest BCUT2D eigenvalue weighted by Gasteiger charge is -2.33. The summed E-state index contributed by atoms with van der Waals surface area (Å²) in [6.45, 7) is -0.653. The fourth-order valence-electron chi connectivity index (χ4n) is 3.10. The third-order valence-corrected chi connectivity index (χ3v) is 5.31. The van der Waals surface area contributed by atoms with Gasteiger partial charge in [-0.25, -0.2) is 0 Å². The summed E-state index contributed by atoms with van der Waals surface area (Å²) in [6.07, 6.45) is -5.07. The van der Waals surface area contributed by atoms with Crippen molar-refractivity contribution < 1.29 is 38.1 Å². The van der Waals surface area contributed by atoms with E-state index < -0.39 is 52.3 Å². The Morgan fingerprint density at radius 3 is 2.60 bits per heavy atom. The number of hydrogen-bond acceptors (Lipinski definition) is 12. The largest absolute Gasteiger partial charge is 0.394 e. The lowest BCUT2D eigenvalue weighted by atomic mass is 10.1. The van der Waals surface area contributed by atoms with Gasteiger partial charge in [0.1, 0.15) is 24.0 Å². The Labute approximate surface area is 142 Å². The molecule has 142 valence electrons. The molecule has 25 heavy (non-hydrogen) atoms. The number of hydrogen-bond donors (Lipinski definition) is 7. The topological polar surface area (TPSA) is 201 Å². The molecule has 0 bridgehead atoms. The highest BCUT2D eigenvalue weighted by molar-refractivity contribution is 7.87. The van der Waals surface area contributed by atoms with E-state index in [1.54, 1.807) is 0 Å². The van der Waals surface area contributed by atoms with Gasteiger partial charge in [-0.3, -0.25) is 4.55 Å². The molecule has 1 unspecified atom stereocenters. The minimum absolute atomic E-state index is 0.104. The van der Waals surface area contributed by atoms with E-state index in [0.717, 1.165) is 0 Å². The molecule has 0 radical (unpaired) electrons. The number of nitrogens with one attached hydrogen (secondary N) is 1. The van der Waals surface area contributed by atoms with Crippen molar-refractivity contribution in [3.05, 3.63) is 11.5 Å². The number of aliphatic hydroxyl groups is 4. The van der Waals surface area contributed by atoms with Crippen molar-refractivity contribution in [1.82, 2.24) is 15.1 Å². The number of guanidine groups is 1. The van der Waals surface area contributed by atoms with E-state index in [-0.39, 0.29) is 18.2 Å². The van der Waals surface area contributed by atoms with Crippen LogP contribution in [0, 0.1) is 0 Å². The summed E-state index contributed by atoms with van der Waals surface area (Å²) < 4.78 is 38.2. The SMILES string of the molecule is CN1CN([C@@H]2O[C@H](CO)[C@@H](O)[C@H]2O)C2=C1C(O)(S(=O)(=O)O)NC(N)=N2. The zero-order valence-electron chi connectivity index (χ0n) is 13.0. The van der Waals surface area contributed by atoms with Gasteiger partial charge in [0.05, 0.1) is 13.3 Å². The monoisotopic (exact) mass is 381 g/mol. The number of likely N-dealkylation sites (N-methyl/N-ethyl adjacent to an activating group) is 1. The van der Waals surface area contributed by atoms with Gasteiger partial charge in [-0.1, -0.05) is 0 Å². The predicted octanol–water partition coefficient (Wildman–Crippen LogP) is -4.75. The highest BCUT2D eigenvalue weighted by Gasteiger charge is 2.57. The first-order valence-corrected chi connectivity index (χ1v) is 8.62. The Hall–Kier alpha value is -1.68. The fourth-order valence-corrected chi connectivity index (χ4v) is 3.83. The summed E-state index contributed by atoms with van der Waals surface area (Å²) in [5.41, 5.74) is 5.18. The second kappa shape index (κ2) is 5.66. The molecule has 0 aliphatic carbocycles. The quantitative estimate of drug-likeness (QED) is 0.230. The third-order valence-electron chi connectivity index (χ3n) is 4.27. The Bertz CT molecular complexity index is 741. The Balaban J connectivity index is 2.06. The zero-order chi connectivity index (χ0) is 18.7. The average Bonchev–Trinajstić information content (AvgIpc) is 2.96. The second-order valence-corrected chi connectivity index (χ2v) is 7.49. The number of aliphatic hydroxyl groups excluding tert-OH is 3. The Kier molecular flexibility index (Phi) is 4.11. The van der Waals surface area contributed by atoms with Crippen molar-refractivity contribution in [3.63, 3.8) is 0 Å². The maximum atomic E-state index is 11.7. The van der Waals surface area contributed by atoms with Crippen LogP contribution < -0.4 is 11.1 Å². The molecular formula is C11H19N5O8S. The molecule has 0 spiro atoms. The molecule has 3 heterocycles. The maximum Gasteiger partial charge on any atom is 0.321 e. The first-order valence-electron chi connectivity index (χ1n) is 7.18. The van der Waals surface area contributed by atoms with E-state index in [1.807, 2.05) is 5.32 Å². The van der Waals surface area contributed by atoms with E-state index in [2.05, 4.69) is 4.99 Å². The van der Waals surface area contributed by atoms with Gasteiger partial charge in [0.25, 0.3) is 0 Å². The fraction of sp³-hybridized carbons (Fsp3) is 0.727. The molecule has 1 saturated heterocycles. The molecule has 3 aliphatic rings. The number of ether oxygens (including phenoxy) is 1. The van der Waals surface area contributed by atoms with Crippen LogP contribution in [-0.4, -0.2) is 99.1 Å². The standard InChI is InChI=1S/C11H19N5O8S/c1-15-3-16(9-6(19)5(18)4(2-17)24-9)8-7(15)11(20,25(21,22)23)14-10(12)13-8/h4-6,9,17-20H,2-3H2,1H3,(H3,12,13,14)(H,21,22,23)/t4-,5-,6-,9-,11?/m1/s1. The number of aliphatic imine (C=N–C) groups is 1. The smallest absolute Gasteiger partial charge is 0.321 e. The highest BCUT2D eigenvalue weighted by atomic mass is 32.2. The van der Waals surface area contributed by atoms with Gasteiger partial charge in [-0.15, -0.1) is 0 Å². The molecule has 3 rings (SSSR count). The van der Waals surface area contributed by atoms with Crippen LogP contribution in [0.25, 0.3) is 0 Å². The summed E-state index contributed by atoms with van der Waals surface area (Å²) >= 11 is 0. The van der Waals surface area contributed by atoms with Gasteiger partial charge in [0, 0.05) is 7.05 Å².